The Bertz CT molecular complexity index is 1290. The molecule has 2 amide bonds. The van der Waals surface area contributed by atoms with E-state index < -0.39 is 33.7 Å². The lowest BCUT2D eigenvalue weighted by Crippen LogP contribution is -2.50. The van der Waals surface area contributed by atoms with Crippen LogP contribution in [-0.4, -0.2) is 50.0 Å². The number of rotatable bonds is 13. The van der Waals surface area contributed by atoms with Crippen LogP contribution in [0.4, 0.5) is 18.9 Å². The lowest BCUT2D eigenvalue weighted by molar-refractivity contribution is -0.141. The summed E-state index contributed by atoms with van der Waals surface area (Å²) in [4.78, 5) is 28.0. The highest BCUT2D eigenvalue weighted by Gasteiger charge is 2.32. The Kier molecular flexibility index (Phi) is 12.1. The maximum absolute atomic E-state index is 13.5. The molecule has 1 N–H and O–H groups in total. The van der Waals surface area contributed by atoms with E-state index in [-0.39, 0.29) is 43.6 Å². The summed E-state index contributed by atoms with van der Waals surface area (Å²) in [6.45, 7) is 5.30. The number of carbonyl (C=O) groups is 2. The van der Waals surface area contributed by atoms with Crippen LogP contribution in [0.2, 0.25) is 10.0 Å². The smallest absolute Gasteiger partial charge is 0.352 e. The molecule has 2 aromatic rings. The van der Waals surface area contributed by atoms with Crippen molar-refractivity contribution in [2.75, 3.05) is 17.1 Å². The molecule has 0 saturated heterocycles. The Labute approximate surface area is 243 Å². The average molecular weight is 625 g/mol. The molecular formula is C27H34Cl2F3N3O4S. The molecule has 0 aliphatic carbocycles. The van der Waals surface area contributed by atoms with Gasteiger partial charge in [-0.1, -0.05) is 49.2 Å². The fraction of sp³-hybridized carbons (Fsp3) is 0.481. The molecule has 13 heteroatoms. The number of sulfonamides is 1. The van der Waals surface area contributed by atoms with Crippen molar-refractivity contribution in [3.8, 4) is 0 Å². The van der Waals surface area contributed by atoms with Gasteiger partial charge in [-0.05, 0) is 62.1 Å². The molecule has 40 heavy (non-hydrogen) atoms. The molecular weight excluding hydrogens is 590 g/mol. The number of halogens is 5. The van der Waals surface area contributed by atoms with Gasteiger partial charge in [-0.15, -0.1) is 0 Å². The normalized spacial score (nSPS) is 13.4. The van der Waals surface area contributed by atoms with E-state index in [1.165, 1.54) is 17.0 Å². The molecule has 0 fully saturated rings. The van der Waals surface area contributed by atoms with E-state index in [4.69, 9.17) is 23.2 Å². The van der Waals surface area contributed by atoms with E-state index in [9.17, 15) is 31.2 Å². The SMILES string of the molecule is CC[C@H](C(=O)N[C@@H](C)CC)N(Cc1ccc(Cl)cc1Cl)C(=O)CCCN(c1cccc(C(F)(F)F)c1)S(C)(=O)=O. The molecule has 0 spiro atoms. The molecule has 2 rings (SSSR count). The zero-order chi connectivity index (χ0) is 30.3. The van der Waals surface area contributed by atoms with E-state index in [0.29, 0.717) is 28.5 Å². The molecule has 0 unspecified atom stereocenters. The zero-order valence-electron chi connectivity index (χ0n) is 22.8. The third-order valence-corrected chi connectivity index (χ3v) is 8.14. The molecule has 0 aromatic heterocycles. The van der Waals surface area contributed by atoms with Gasteiger partial charge in [0.05, 0.1) is 17.5 Å². The van der Waals surface area contributed by atoms with Crippen molar-refractivity contribution in [1.29, 1.82) is 0 Å². The second kappa shape index (κ2) is 14.4. The minimum Gasteiger partial charge on any atom is -0.352 e. The molecule has 0 aliphatic heterocycles. The Balaban J connectivity index is 2.30. The van der Waals surface area contributed by atoms with E-state index >= 15 is 0 Å². The van der Waals surface area contributed by atoms with Crippen LogP contribution in [0.3, 0.4) is 0 Å². The van der Waals surface area contributed by atoms with Crippen molar-refractivity contribution in [1.82, 2.24) is 10.2 Å². The Hall–Kier alpha value is -2.50. The monoisotopic (exact) mass is 623 g/mol. The van der Waals surface area contributed by atoms with Crippen molar-refractivity contribution < 1.29 is 31.2 Å². The van der Waals surface area contributed by atoms with E-state index in [2.05, 4.69) is 5.32 Å². The quantitative estimate of drug-likeness (QED) is 0.284. The second-order valence-corrected chi connectivity index (χ2v) is 12.2. The highest BCUT2D eigenvalue weighted by atomic mass is 35.5. The molecule has 0 radical (unpaired) electrons. The number of carbonyl (C=O) groups excluding carboxylic acids is 2. The van der Waals surface area contributed by atoms with E-state index in [0.717, 1.165) is 28.8 Å². The van der Waals surface area contributed by atoms with Crippen molar-refractivity contribution >= 4 is 50.7 Å². The first-order valence-corrected chi connectivity index (χ1v) is 15.4. The first-order valence-electron chi connectivity index (χ1n) is 12.8. The van der Waals surface area contributed by atoms with E-state index in [1.54, 1.807) is 19.1 Å². The summed E-state index contributed by atoms with van der Waals surface area (Å²) < 4.78 is 65.4. The third kappa shape index (κ3) is 9.55. The predicted molar refractivity (Wildman–Crippen MR) is 152 cm³/mol. The topological polar surface area (TPSA) is 86.8 Å². The standard InChI is InChI=1S/C27H34Cl2F3N3O4S/c1-5-18(3)33-26(37)24(6-2)34(17-19-12-13-21(28)16-23(19)29)25(36)11-8-14-35(40(4,38)39)22-10-7-9-20(15-22)27(30,31)32/h7,9-10,12-13,15-16,18,24H,5-6,8,11,14,17H2,1-4H3,(H,33,37)/t18-,24+/m0/s1. The van der Waals surface area contributed by atoms with Gasteiger partial charge in [0.25, 0.3) is 0 Å². The van der Waals surface area contributed by atoms with Gasteiger partial charge < -0.3 is 10.2 Å². The fourth-order valence-corrected chi connectivity index (χ4v) is 5.46. The number of hydrogen-bond acceptors (Lipinski definition) is 4. The molecule has 0 saturated carbocycles. The highest BCUT2D eigenvalue weighted by Crippen LogP contribution is 2.32. The van der Waals surface area contributed by atoms with Gasteiger partial charge in [-0.25, -0.2) is 8.42 Å². The van der Waals surface area contributed by atoms with Crippen LogP contribution in [0.15, 0.2) is 42.5 Å². The van der Waals surface area contributed by atoms with Crippen molar-refractivity contribution in [2.24, 2.45) is 0 Å². The summed E-state index contributed by atoms with van der Waals surface area (Å²) in [6.07, 6.45) is -2.94. The molecule has 2 atom stereocenters. The van der Waals surface area contributed by atoms with Crippen LogP contribution in [-0.2, 0) is 32.3 Å². The van der Waals surface area contributed by atoms with Crippen LogP contribution in [0.1, 0.15) is 57.6 Å². The maximum Gasteiger partial charge on any atom is 0.416 e. The third-order valence-electron chi connectivity index (χ3n) is 6.36. The average Bonchev–Trinajstić information content (AvgIpc) is 2.86. The van der Waals surface area contributed by atoms with Crippen LogP contribution >= 0.6 is 23.2 Å². The van der Waals surface area contributed by atoms with Crippen LogP contribution in [0.25, 0.3) is 0 Å². The predicted octanol–water partition coefficient (Wildman–Crippen LogP) is 6.28. The minimum atomic E-state index is -4.65. The number of nitrogens with one attached hydrogen (secondary N) is 1. The maximum atomic E-state index is 13.5. The Morgan fingerprint density at radius 1 is 1.05 bits per heavy atom. The largest absolute Gasteiger partial charge is 0.416 e. The lowest BCUT2D eigenvalue weighted by Gasteiger charge is -2.32. The van der Waals surface area contributed by atoms with Crippen molar-refractivity contribution in [3.05, 3.63) is 63.6 Å². The van der Waals surface area contributed by atoms with Crippen LogP contribution in [0, 0.1) is 0 Å². The van der Waals surface area contributed by atoms with Gasteiger partial charge in [-0.3, -0.25) is 13.9 Å². The van der Waals surface area contributed by atoms with Gasteiger partial charge >= 0.3 is 6.18 Å². The van der Waals surface area contributed by atoms with Gasteiger partial charge in [0.1, 0.15) is 6.04 Å². The molecule has 2 aromatic carbocycles. The summed E-state index contributed by atoms with van der Waals surface area (Å²) in [7, 11) is -3.96. The van der Waals surface area contributed by atoms with Crippen molar-refractivity contribution in [2.45, 2.75) is 71.3 Å². The summed E-state index contributed by atoms with van der Waals surface area (Å²) in [5.74, 6) is -0.772. The second-order valence-electron chi connectivity index (χ2n) is 9.49. The Morgan fingerprint density at radius 3 is 2.27 bits per heavy atom. The fourth-order valence-electron chi connectivity index (χ4n) is 4.04. The van der Waals surface area contributed by atoms with Crippen LogP contribution < -0.4 is 9.62 Å². The number of hydrogen-bond donors (Lipinski definition) is 1. The summed E-state index contributed by atoms with van der Waals surface area (Å²) >= 11 is 12.3. The number of benzene rings is 2. The number of amides is 2. The van der Waals surface area contributed by atoms with Crippen LogP contribution in [0.5, 0.6) is 0 Å². The first kappa shape index (κ1) is 33.7. The molecule has 0 heterocycles. The number of anilines is 1. The summed E-state index contributed by atoms with van der Waals surface area (Å²) in [6, 6.07) is 7.84. The number of alkyl halides is 3. The lowest BCUT2D eigenvalue weighted by atomic mass is 10.1. The zero-order valence-corrected chi connectivity index (χ0v) is 25.1. The molecule has 0 bridgehead atoms. The Morgan fingerprint density at radius 2 is 1.73 bits per heavy atom. The van der Waals surface area contributed by atoms with Crippen molar-refractivity contribution in [3.63, 3.8) is 0 Å². The number of nitrogens with zero attached hydrogens (tertiary/aromatic N) is 2. The van der Waals surface area contributed by atoms with Gasteiger partial charge in [0, 0.05) is 35.6 Å². The van der Waals surface area contributed by atoms with E-state index in [1.807, 2.05) is 13.8 Å². The van der Waals surface area contributed by atoms with Gasteiger partial charge in [0.2, 0.25) is 21.8 Å². The summed E-state index contributed by atoms with van der Waals surface area (Å²) in [5, 5.41) is 3.61. The summed E-state index contributed by atoms with van der Waals surface area (Å²) in [5.41, 5.74) is -0.580. The molecule has 7 nitrogen and oxygen atoms in total. The molecule has 222 valence electrons. The molecule has 0 aliphatic rings. The van der Waals surface area contributed by atoms with Gasteiger partial charge in [-0.2, -0.15) is 13.2 Å². The first-order chi connectivity index (χ1) is 18.6. The highest BCUT2D eigenvalue weighted by molar-refractivity contribution is 7.92. The van der Waals surface area contributed by atoms with Gasteiger partial charge in [0.15, 0.2) is 0 Å². The minimum absolute atomic E-state index is 0.00356.